The number of rotatable bonds is 4. The highest BCUT2D eigenvalue weighted by Crippen LogP contribution is 2.50. The Hall–Kier alpha value is -1.97. The fourth-order valence-electron chi connectivity index (χ4n) is 4.42. The summed E-state index contributed by atoms with van der Waals surface area (Å²) in [4.78, 5) is 1.33. The fraction of sp³-hybridized carbons (Fsp3) is 0.200. The first-order chi connectivity index (χ1) is 13.8. The quantitative estimate of drug-likeness (QED) is 0.326. The van der Waals surface area contributed by atoms with Gasteiger partial charge in [0.25, 0.3) is 0 Å². The molecule has 3 aromatic rings. The van der Waals surface area contributed by atoms with Gasteiger partial charge in [-0.3, -0.25) is 0 Å². The van der Waals surface area contributed by atoms with Crippen LogP contribution in [-0.2, 0) is 5.75 Å². The molecule has 0 saturated heterocycles. The molecule has 140 valence electrons. The van der Waals surface area contributed by atoms with Crippen LogP contribution >= 0.6 is 27.7 Å². The smallest absolute Gasteiger partial charge is 0.0553 e. The van der Waals surface area contributed by atoms with Gasteiger partial charge in [-0.05, 0) is 59.4 Å². The predicted octanol–water partition coefficient (Wildman–Crippen LogP) is 7.57. The van der Waals surface area contributed by atoms with Gasteiger partial charge in [0, 0.05) is 26.7 Å². The van der Waals surface area contributed by atoms with Crippen molar-refractivity contribution in [1.82, 2.24) is 0 Å². The van der Waals surface area contributed by atoms with Crippen molar-refractivity contribution in [2.45, 2.75) is 29.0 Å². The topological polar surface area (TPSA) is 12.0 Å². The Kier molecular flexibility index (Phi) is 5.04. The molecule has 0 spiro atoms. The minimum atomic E-state index is 0.366. The Morgan fingerprint density at radius 2 is 1.79 bits per heavy atom. The first-order valence-electron chi connectivity index (χ1n) is 9.77. The summed E-state index contributed by atoms with van der Waals surface area (Å²) in [5.74, 6) is 2.10. The number of halogens is 1. The lowest BCUT2D eigenvalue weighted by molar-refractivity contribution is 0.425. The lowest BCUT2D eigenvalue weighted by atomic mass is 9.77. The van der Waals surface area contributed by atoms with Crippen molar-refractivity contribution in [3.05, 3.63) is 106 Å². The monoisotopic (exact) mass is 447 g/mol. The SMILES string of the molecule is Brc1ccc([C@@H]2Nc3ccc(CSc4ccccc4)cc3[C@@H]3C=CC[C@H]32)cc1. The highest BCUT2D eigenvalue weighted by molar-refractivity contribution is 9.10. The van der Waals surface area contributed by atoms with E-state index in [1.165, 1.54) is 27.3 Å². The molecule has 5 rings (SSSR count). The van der Waals surface area contributed by atoms with E-state index < -0.39 is 0 Å². The molecule has 0 saturated carbocycles. The number of benzene rings is 3. The first-order valence-corrected chi connectivity index (χ1v) is 11.5. The van der Waals surface area contributed by atoms with Crippen LogP contribution in [0.1, 0.15) is 35.1 Å². The largest absolute Gasteiger partial charge is 0.378 e. The third-order valence-corrected chi connectivity index (χ3v) is 7.42. The molecule has 0 aromatic heterocycles. The number of thioether (sulfide) groups is 1. The van der Waals surface area contributed by atoms with Crippen molar-refractivity contribution in [1.29, 1.82) is 0 Å². The van der Waals surface area contributed by atoms with Gasteiger partial charge in [0.15, 0.2) is 0 Å². The molecular formula is C25H22BrNS. The van der Waals surface area contributed by atoms with Crippen molar-refractivity contribution in [2.24, 2.45) is 5.92 Å². The number of hydrogen-bond donors (Lipinski definition) is 1. The highest BCUT2D eigenvalue weighted by atomic mass is 79.9. The summed E-state index contributed by atoms with van der Waals surface area (Å²) in [6, 6.07) is 26.8. The molecule has 1 heterocycles. The van der Waals surface area contributed by atoms with Crippen LogP contribution < -0.4 is 5.32 Å². The number of anilines is 1. The Bertz CT molecular complexity index is 997. The molecule has 1 N–H and O–H groups in total. The van der Waals surface area contributed by atoms with Crippen LogP contribution in [0, 0.1) is 5.92 Å². The molecule has 3 aromatic carbocycles. The average Bonchev–Trinajstić information content (AvgIpc) is 3.23. The zero-order chi connectivity index (χ0) is 18.9. The minimum absolute atomic E-state index is 0.366. The molecule has 1 aliphatic heterocycles. The normalized spacial score (nSPS) is 22.4. The van der Waals surface area contributed by atoms with E-state index in [0.29, 0.717) is 17.9 Å². The van der Waals surface area contributed by atoms with E-state index >= 15 is 0 Å². The second kappa shape index (κ2) is 7.81. The maximum absolute atomic E-state index is 3.84. The molecule has 2 aliphatic rings. The second-order valence-corrected chi connectivity index (χ2v) is 9.51. The van der Waals surface area contributed by atoms with E-state index in [0.717, 1.165) is 16.6 Å². The third-order valence-electron chi connectivity index (χ3n) is 5.81. The van der Waals surface area contributed by atoms with Crippen molar-refractivity contribution in [2.75, 3.05) is 5.32 Å². The summed E-state index contributed by atoms with van der Waals surface area (Å²) in [6.45, 7) is 0. The van der Waals surface area contributed by atoms with Crippen LogP contribution in [0.2, 0.25) is 0 Å². The van der Waals surface area contributed by atoms with Gasteiger partial charge in [0.2, 0.25) is 0 Å². The summed E-state index contributed by atoms with van der Waals surface area (Å²) >= 11 is 5.46. The van der Waals surface area contributed by atoms with E-state index in [2.05, 4.69) is 106 Å². The molecule has 0 unspecified atom stereocenters. The zero-order valence-electron chi connectivity index (χ0n) is 15.5. The summed E-state index contributed by atoms with van der Waals surface area (Å²) in [7, 11) is 0. The maximum atomic E-state index is 3.84. The average molecular weight is 448 g/mol. The van der Waals surface area contributed by atoms with E-state index in [-0.39, 0.29) is 0 Å². The van der Waals surface area contributed by atoms with Gasteiger partial charge >= 0.3 is 0 Å². The number of fused-ring (bicyclic) bond motifs is 3. The molecule has 0 bridgehead atoms. The van der Waals surface area contributed by atoms with Crippen LogP contribution in [0.3, 0.4) is 0 Å². The third kappa shape index (κ3) is 3.54. The molecule has 1 aliphatic carbocycles. The fourth-order valence-corrected chi connectivity index (χ4v) is 5.54. The summed E-state index contributed by atoms with van der Waals surface area (Å²) < 4.78 is 1.13. The van der Waals surface area contributed by atoms with Crippen LogP contribution in [0.4, 0.5) is 5.69 Å². The van der Waals surface area contributed by atoms with Gasteiger partial charge in [-0.1, -0.05) is 70.5 Å². The minimum Gasteiger partial charge on any atom is -0.378 e. The van der Waals surface area contributed by atoms with E-state index in [1.54, 1.807) is 0 Å². The second-order valence-electron chi connectivity index (χ2n) is 7.55. The lowest BCUT2D eigenvalue weighted by Crippen LogP contribution is -2.29. The van der Waals surface area contributed by atoms with Crippen LogP contribution in [-0.4, -0.2) is 0 Å². The molecule has 0 amide bonds. The van der Waals surface area contributed by atoms with Crippen molar-refractivity contribution >= 4 is 33.4 Å². The van der Waals surface area contributed by atoms with E-state index in [1.807, 2.05) is 11.8 Å². The molecule has 0 fully saturated rings. The maximum Gasteiger partial charge on any atom is 0.0553 e. The zero-order valence-corrected chi connectivity index (χ0v) is 17.9. The highest BCUT2D eigenvalue weighted by Gasteiger charge is 2.37. The van der Waals surface area contributed by atoms with E-state index in [4.69, 9.17) is 0 Å². The van der Waals surface area contributed by atoms with Gasteiger partial charge in [0.1, 0.15) is 0 Å². The summed E-state index contributed by atoms with van der Waals surface area (Å²) in [6.07, 6.45) is 5.93. The van der Waals surface area contributed by atoms with E-state index in [9.17, 15) is 0 Å². The van der Waals surface area contributed by atoms with Gasteiger partial charge in [-0.25, -0.2) is 0 Å². The lowest BCUT2D eigenvalue weighted by Gasteiger charge is -2.37. The number of allylic oxidation sites excluding steroid dienone is 2. The van der Waals surface area contributed by atoms with Crippen LogP contribution in [0.5, 0.6) is 0 Å². The number of nitrogens with one attached hydrogen (secondary N) is 1. The summed E-state index contributed by atoms with van der Waals surface area (Å²) in [5.41, 5.74) is 5.51. The Morgan fingerprint density at radius 3 is 2.61 bits per heavy atom. The van der Waals surface area contributed by atoms with Crippen molar-refractivity contribution in [3.63, 3.8) is 0 Å². The Morgan fingerprint density at radius 1 is 0.964 bits per heavy atom. The van der Waals surface area contributed by atoms with Gasteiger partial charge in [-0.2, -0.15) is 0 Å². The van der Waals surface area contributed by atoms with Gasteiger partial charge in [-0.15, -0.1) is 11.8 Å². The van der Waals surface area contributed by atoms with Crippen molar-refractivity contribution < 1.29 is 0 Å². The Balaban J connectivity index is 1.41. The molecular weight excluding hydrogens is 426 g/mol. The molecule has 3 heteroatoms. The molecule has 3 atom stereocenters. The summed E-state index contributed by atoms with van der Waals surface area (Å²) in [5, 5.41) is 3.84. The first kappa shape index (κ1) is 18.1. The van der Waals surface area contributed by atoms with Gasteiger partial charge < -0.3 is 5.32 Å². The molecule has 28 heavy (non-hydrogen) atoms. The van der Waals surface area contributed by atoms with Crippen molar-refractivity contribution in [3.8, 4) is 0 Å². The number of hydrogen-bond acceptors (Lipinski definition) is 2. The predicted molar refractivity (Wildman–Crippen MR) is 123 cm³/mol. The van der Waals surface area contributed by atoms with Gasteiger partial charge in [0.05, 0.1) is 6.04 Å². The molecule has 0 radical (unpaired) electrons. The standard InChI is InChI=1S/C25H22BrNS/c26-19-12-10-18(11-13-19)25-22-8-4-7-21(22)23-15-17(9-14-24(23)27-25)16-28-20-5-2-1-3-6-20/h1-7,9-15,21-22,25,27H,8,16H2/t21-,22-,25+/m1/s1. The van der Waals surface area contributed by atoms with Crippen LogP contribution in [0.15, 0.2) is 94.3 Å². The van der Waals surface area contributed by atoms with Crippen LogP contribution in [0.25, 0.3) is 0 Å². The molecule has 1 nitrogen and oxygen atoms in total. The Labute approximate surface area is 179 Å².